The number of nitrogens with zero attached hydrogens (tertiary/aromatic N) is 1. The fraction of sp³-hybridized carbons (Fsp3) is 0.182. The first-order valence-electron chi connectivity index (χ1n) is 4.85. The number of alkyl halides is 2. The molecule has 90 valence electrons. The topological polar surface area (TPSA) is 48.9 Å². The minimum atomic E-state index is -2.90. The van der Waals surface area contributed by atoms with E-state index in [1.54, 1.807) is 0 Å². The number of hydrogen-bond donors (Lipinski definition) is 2. The van der Waals surface area contributed by atoms with Gasteiger partial charge in [-0.1, -0.05) is 0 Å². The van der Waals surface area contributed by atoms with Gasteiger partial charge in [-0.05, 0) is 24.3 Å². The molecule has 2 aromatic rings. The highest BCUT2D eigenvalue weighted by Gasteiger charge is 2.24. The molecule has 1 unspecified atom stereocenters. The zero-order valence-electron chi connectivity index (χ0n) is 8.57. The van der Waals surface area contributed by atoms with Gasteiger partial charge in [0.2, 0.25) is 0 Å². The summed E-state index contributed by atoms with van der Waals surface area (Å²) in [5, 5.41) is 15.4. The van der Waals surface area contributed by atoms with Crippen molar-refractivity contribution < 1.29 is 18.3 Å². The molecule has 0 saturated carbocycles. The van der Waals surface area contributed by atoms with Gasteiger partial charge in [-0.25, -0.2) is 13.2 Å². The second kappa shape index (κ2) is 4.58. The summed E-state index contributed by atoms with van der Waals surface area (Å²) in [6.07, 6.45) is -3.67. The van der Waals surface area contributed by atoms with E-state index in [1.807, 2.05) is 0 Å². The van der Waals surface area contributed by atoms with Gasteiger partial charge in [-0.15, -0.1) is 0 Å². The van der Waals surface area contributed by atoms with E-state index in [4.69, 9.17) is 0 Å². The van der Waals surface area contributed by atoms with Crippen molar-refractivity contribution in [2.24, 2.45) is 0 Å². The molecule has 6 heteroatoms. The van der Waals surface area contributed by atoms with Gasteiger partial charge >= 0.3 is 0 Å². The van der Waals surface area contributed by atoms with Crippen molar-refractivity contribution in [3.8, 4) is 11.3 Å². The lowest BCUT2D eigenvalue weighted by atomic mass is 10.0. The zero-order valence-corrected chi connectivity index (χ0v) is 8.57. The lowest BCUT2D eigenvalue weighted by Crippen LogP contribution is -2.08. The third-order valence-corrected chi connectivity index (χ3v) is 2.36. The average molecular weight is 242 g/mol. The van der Waals surface area contributed by atoms with Gasteiger partial charge in [0.15, 0.2) is 0 Å². The fourth-order valence-corrected chi connectivity index (χ4v) is 1.50. The van der Waals surface area contributed by atoms with E-state index in [2.05, 4.69) is 10.2 Å². The molecule has 1 atom stereocenters. The number of benzene rings is 1. The first kappa shape index (κ1) is 11.7. The first-order valence-corrected chi connectivity index (χ1v) is 4.85. The minimum absolute atomic E-state index is 0.00777. The Bertz CT molecular complexity index is 496. The van der Waals surface area contributed by atoms with Crippen molar-refractivity contribution in [3.63, 3.8) is 0 Å². The van der Waals surface area contributed by atoms with E-state index < -0.39 is 18.3 Å². The number of nitrogens with one attached hydrogen (secondary N) is 1. The molecular formula is C11H9F3N2O. The summed E-state index contributed by atoms with van der Waals surface area (Å²) in [6, 6.07) is 5.25. The van der Waals surface area contributed by atoms with Crippen LogP contribution in [-0.2, 0) is 0 Å². The van der Waals surface area contributed by atoms with E-state index in [9.17, 15) is 18.3 Å². The van der Waals surface area contributed by atoms with Crippen LogP contribution in [0.15, 0.2) is 30.5 Å². The lowest BCUT2D eigenvalue weighted by molar-refractivity contribution is -0.00545. The third kappa shape index (κ3) is 2.31. The lowest BCUT2D eigenvalue weighted by Gasteiger charge is -2.09. The number of aromatic amines is 1. The largest absolute Gasteiger partial charge is 0.382 e. The standard InChI is InChI=1S/C11H9F3N2O/c12-7-3-1-6(2-4-7)9-8(5-15-16-9)10(17)11(13)14/h1-5,10-11,17H,(H,15,16). The molecule has 17 heavy (non-hydrogen) atoms. The quantitative estimate of drug-likeness (QED) is 0.868. The molecule has 0 amide bonds. The molecule has 0 radical (unpaired) electrons. The van der Waals surface area contributed by atoms with Crippen molar-refractivity contribution in [1.82, 2.24) is 10.2 Å². The van der Waals surface area contributed by atoms with Gasteiger partial charge in [0.05, 0.1) is 11.9 Å². The third-order valence-electron chi connectivity index (χ3n) is 2.36. The Labute approximate surface area is 94.9 Å². The average Bonchev–Trinajstić information content (AvgIpc) is 2.77. The van der Waals surface area contributed by atoms with Crippen LogP contribution in [0.5, 0.6) is 0 Å². The van der Waals surface area contributed by atoms with Crippen molar-refractivity contribution in [2.75, 3.05) is 0 Å². The van der Waals surface area contributed by atoms with Gasteiger partial charge < -0.3 is 5.11 Å². The van der Waals surface area contributed by atoms with Crippen molar-refractivity contribution in [3.05, 3.63) is 41.8 Å². The number of aliphatic hydroxyl groups is 1. The SMILES string of the molecule is OC(c1cn[nH]c1-c1ccc(F)cc1)C(F)F. The van der Waals surface area contributed by atoms with Gasteiger partial charge in [0.25, 0.3) is 6.43 Å². The molecule has 0 aliphatic heterocycles. The minimum Gasteiger partial charge on any atom is -0.382 e. The summed E-state index contributed by atoms with van der Waals surface area (Å²) >= 11 is 0. The van der Waals surface area contributed by atoms with E-state index in [0.29, 0.717) is 5.56 Å². The summed E-state index contributed by atoms with van der Waals surface area (Å²) in [5.41, 5.74) is 0.739. The Morgan fingerprint density at radius 3 is 2.41 bits per heavy atom. The Hall–Kier alpha value is -1.82. The maximum atomic E-state index is 12.7. The molecule has 1 aromatic carbocycles. The number of hydrogen-bond acceptors (Lipinski definition) is 2. The zero-order chi connectivity index (χ0) is 12.4. The maximum Gasteiger partial charge on any atom is 0.268 e. The molecule has 2 rings (SSSR count). The predicted octanol–water partition coefficient (Wildman–Crippen LogP) is 2.51. The number of H-pyrrole nitrogens is 1. The second-order valence-corrected chi connectivity index (χ2v) is 3.49. The highest BCUT2D eigenvalue weighted by atomic mass is 19.3. The van der Waals surface area contributed by atoms with Crippen LogP contribution in [0, 0.1) is 5.82 Å². The molecule has 0 bridgehead atoms. The maximum absolute atomic E-state index is 12.7. The smallest absolute Gasteiger partial charge is 0.268 e. The van der Waals surface area contributed by atoms with E-state index in [0.717, 1.165) is 6.20 Å². The predicted molar refractivity (Wildman–Crippen MR) is 54.9 cm³/mol. The number of aliphatic hydroxyl groups excluding tert-OH is 1. The molecule has 0 spiro atoms. The van der Waals surface area contributed by atoms with Crippen LogP contribution in [0.1, 0.15) is 11.7 Å². The van der Waals surface area contributed by atoms with Crippen LogP contribution in [0.3, 0.4) is 0 Å². The summed E-state index contributed by atoms with van der Waals surface area (Å²) in [5.74, 6) is -0.427. The van der Waals surface area contributed by atoms with Gasteiger partial charge in [-0.3, -0.25) is 5.10 Å². The summed E-state index contributed by atoms with van der Waals surface area (Å²) in [4.78, 5) is 0. The van der Waals surface area contributed by atoms with E-state index >= 15 is 0 Å². The number of aromatic nitrogens is 2. The van der Waals surface area contributed by atoms with Crippen molar-refractivity contribution in [1.29, 1.82) is 0 Å². The van der Waals surface area contributed by atoms with Crippen molar-refractivity contribution >= 4 is 0 Å². The van der Waals surface area contributed by atoms with Crippen LogP contribution in [0.2, 0.25) is 0 Å². The van der Waals surface area contributed by atoms with Gasteiger partial charge in [0, 0.05) is 11.1 Å². The monoisotopic (exact) mass is 242 g/mol. The molecule has 2 N–H and O–H groups in total. The summed E-state index contributed by atoms with van der Waals surface area (Å²) in [7, 11) is 0. The first-order chi connectivity index (χ1) is 8.09. The fourth-order valence-electron chi connectivity index (χ4n) is 1.50. The number of halogens is 3. The number of rotatable bonds is 3. The van der Waals surface area contributed by atoms with Gasteiger partial charge in [-0.2, -0.15) is 5.10 Å². The molecule has 0 saturated heterocycles. The molecular weight excluding hydrogens is 233 g/mol. The molecule has 1 aromatic heterocycles. The Balaban J connectivity index is 2.40. The van der Waals surface area contributed by atoms with Crippen LogP contribution >= 0.6 is 0 Å². The molecule has 0 fully saturated rings. The molecule has 1 heterocycles. The molecule has 3 nitrogen and oxygen atoms in total. The summed E-state index contributed by atoms with van der Waals surface area (Å²) in [6.45, 7) is 0. The van der Waals surface area contributed by atoms with Crippen molar-refractivity contribution in [2.45, 2.75) is 12.5 Å². The molecule has 0 aliphatic rings. The molecule has 0 aliphatic carbocycles. The van der Waals surface area contributed by atoms with Crippen LogP contribution < -0.4 is 0 Å². The summed E-state index contributed by atoms with van der Waals surface area (Å²) < 4.78 is 37.5. The normalized spacial score (nSPS) is 13.0. The Morgan fingerprint density at radius 1 is 1.18 bits per heavy atom. The Morgan fingerprint density at radius 2 is 1.82 bits per heavy atom. The highest BCUT2D eigenvalue weighted by Crippen LogP contribution is 2.29. The highest BCUT2D eigenvalue weighted by molar-refractivity contribution is 5.63. The van der Waals surface area contributed by atoms with E-state index in [-0.39, 0.29) is 11.3 Å². The van der Waals surface area contributed by atoms with Crippen LogP contribution in [0.25, 0.3) is 11.3 Å². The van der Waals surface area contributed by atoms with Gasteiger partial charge in [0.1, 0.15) is 11.9 Å². The second-order valence-electron chi connectivity index (χ2n) is 3.49. The Kier molecular flexibility index (Phi) is 3.14. The van der Waals surface area contributed by atoms with Crippen LogP contribution in [0.4, 0.5) is 13.2 Å². The van der Waals surface area contributed by atoms with E-state index in [1.165, 1.54) is 24.3 Å². The van der Waals surface area contributed by atoms with Crippen LogP contribution in [-0.4, -0.2) is 21.7 Å².